The van der Waals surface area contributed by atoms with Gasteiger partial charge in [-0.25, -0.2) is 13.6 Å². The van der Waals surface area contributed by atoms with E-state index < -0.39 is 20.1 Å². The minimum atomic E-state index is -4.27. The monoisotopic (exact) mass is 383 g/mol. The molecular formula is C16H17NO6S2. The van der Waals surface area contributed by atoms with Crippen LogP contribution in [0.5, 0.6) is 11.5 Å². The van der Waals surface area contributed by atoms with Crippen molar-refractivity contribution in [3.8, 4) is 11.5 Å². The molecule has 2 aromatic rings. The molecule has 0 aliphatic rings. The third-order valence-corrected chi connectivity index (χ3v) is 5.37. The first-order valence-electron chi connectivity index (χ1n) is 7.02. The van der Waals surface area contributed by atoms with E-state index in [4.69, 9.17) is 14.1 Å². The summed E-state index contributed by atoms with van der Waals surface area (Å²) in [5.74, 6) is 0.210. The van der Waals surface area contributed by atoms with Gasteiger partial charge >= 0.3 is 10.1 Å². The van der Waals surface area contributed by atoms with Crippen molar-refractivity contribution in [2.45, 2.75) is 16.2 Å². The lowest BCUT2D eigenvalue weighted by molar-refractivity contribution is 0.390. The first-order chi connectivity index (χ1) is 11.7. The molecule has 2 N–H and O–H groups in total. The first-order valence-corrected chi connectivity index (χ1v) is 9.98. The number of sulfonamides is 1. The molecule has 0 spiro atoms. The van der Waals surface area contributed by atoms with Crippen LogP contribution in [0.2, 0.25) is 0 Å². The fourth-order valence-electron chi connectivity index (χ4n) is 2.05. The van der Waals surface area contributed by atoms with Gasteiger partial charge in [0.15, 0.2) is 11.5 Å². The van der Waals surface area contributed by atoms with Crippen LogP contribution < -0.4 is 14.1 Å². The third-order valence-electron chi connectivity index (χ3n) is 3.23. The van der Waals surface area contributed by atoms with Gasteiger partial charge in [0.05, 0.1) is 12.0 Å². The Morgan fingerprint density at radius 3 is 2.32 bits per heavy atom. The van der Waals surface area contributed by atoms with Crippen LogP contribution in [0.15, 0.2) is 64.9 Å². The molecule has 0 amide bonds. The molecule has 0 aliphatic carbocycles. The van der Waals surface area contributed by atoms with Gasteiger partial charge in [-0.1, -0.05) is 18.2 Å². The van der Waals surface area contributed by atoms with Gasteiger partial charge in [0, 0.05) is 0 Å². The molecule has 25 heavy (non-hydrogen) atoms. The number of hydrogen-bond acceptors (Lipinski definition) is 6. The molecule has 0 bridgehead atoms. The Hall–Kier alpha value is -2.36. The van der Waals surface area contributed by atoms with Gasteiger partial charge in [-0.15, -0.1) is 6.58 Å². The summed E-state index contributed by atoms with van der Waals surface area (Å²) in [6.07, 6.45) is 2.28. The van der Waals surface area contributed by atoms with E-state index in [2.05, 4.69) is 6.58 Å². The van der Waals surface area contributed by atoms with E-state index in [0.717, 1.165) is 11.6 Å². The van der Waals surface area contributed by atoms with E-state index >= 15 is 0 Å². The number of ether oxygens (including phenoxy) is 1. The second-order valence-electron chi connectivity index (χ2n) is 5.04. The molecule has 0 radical (unpaired) electrons. The van der Waals surface area contributed by atoms with Crippen LogP contribution in [0, 0.1) is 0 Å². The van der Waals surface area contributed by atoms with Crippen molar-refractivity contribution in [3.05, 3.63) is 60.7 Å². The van der Waals surface area contributed by atoms with Crippen molar-refractivity contribution in [1.29, 1.82) is 0 Å². The third kappa shape index (κ3) is 4.59. The average Bonchev–Trinajstić information content (AvgIpc) is 2.55. The highest BCUT2D eigenvalue weighted by Crippen LogP contribution is 2.31. The molecule has 0 atom stereocenters. The highest BCUT2D eigenvalue weighted by Gasteiger charge is 2.21. The Kier molecular flexibility index (Phi) is 5.51. The fraction of sp³-hybridized carbons (Fsp3) is 0.125. The highest BCUT2D eigenvalue weighted by molar-refractivity contribution is 7.89. The van der Waals surface area contributed by atoms with E-state index in [0.29, 0.717) is 6.42 Å². The Balaban J connectivity index is 2.41. The second-order valence-corrected chi connectivity index (χ2v) is 8.14. The van der Waals surface area contributed by atoms with Crippen LogP contribution >= 0.6 is 0 Å². The van der Waals surface area contributed by atoms with Gasteiger partial charge in [0.1, 0.15) is 4.90 Å². The summed E-state index contributed by atoms with van der Waals surface area (Å²) in [6, 6.07) is 9.37. The standard InChI is InChI=1S/C16H17NO6S2/c1-3-5-12-8-9-15(16(10-12)22-2)23-25(20,21)14-7-4-6-13(11-14)24(17,18)19/h3-4,6-11H,1,5H2,2H3,(H2,17,18,19). The summed E-state index contributed by atoms with van der Waals surface area (Å²) in [5, 5.41) is 5.02. The van der Waals surface area contributed by atoms with Crippen LogP contribution in [-0.4, -0.2) is 23.9 Å². The summed E-state index contributed by atoms with van der Waals surface area (Å²) < 4.78 is 57.9. The highest BCUT2D eigenvalue weighted by atomic mass is 32.2. The van der Waals surface area contributed by atoms with Crippen LogP contribution in [0.3, 0.4) is 0 Å². The quantitative estimate of drug-likeness (QED) is 0.577. The van der Waals surface area contributed by atoms with Crippen molar-refractivity contribution in [2.24, 2.45) is 5.14 Å². The lowest BCUT2D eigenvalue weighted by Gasteiger charge is -2.12. The topological polar surface area (TPSA) is 113 Å². The number of benzene rings is 2. The summed E-state index contributed by atoms with van der Waals surface area (Å²) in [5.41, 5.74) is 0.868. The molecule has 0 aromatic heterocycles. The van der Waals surface area contributed by atoms with Gasteiger partial charge in [-0.3, -0.25) is 0 Å². The van der Waals surface area contributed by atoms with Crippen molar-refractivity contribution < 1.29 is 25.8 Å². The van der Waals surface area contributed by atoms with E-state index in [1.54, 1.807) is 18.2 Å². The lowest BCUT2D eigenvalue weighted by Crippen LogP contribution is -2.15. The Morgan fingerprint density at radius 1 is 1.04 bits per heavy atom. The molecule has 0 aliphatic heterocycles. The van der Waals surface area contributed by atoms with Gasteiger partial charge < -0.3 is 8.92 Å². The molecule has 0 saturated heterocycles. The summed E-state index contributed by atoms with van der Waals surface area (Å²) in [4.78, 5) is -0.665. The van der Waals surface area contributed by atoms with Gasteiger partial charge in [0.2, 0.25) is 10.0 Å². The van der Waals surface area contributed by atoms with Gasteiger partial charge in [-0.05, 0) is 42.3 Å². The van der Waals surface area contributed by atoms with Gasteiger partial charge in [-0.2, -0.15) is 8.42 Å². The minimum absolute atomic E-state index is 0.0173. The first kappa shape index (κ1) is 19.0. The average molecular weight is 383 g/mol. The number of hydrogen-bond donors (Lipinski definition) is 1. The number of methoxy groups -OCH3 is 1. The van der Waals surface area contributed by atoms with E-state index in [1.165, 1.54) is 31.4 Å². The Bertz CT molecular complexity index is 997. The molecule has 2 rings (SSSR count). The molecule has 0 unspecified atom stereocenters. The molecule has 9 heteroatoms. The summed E-state index contributed by atoms with van der Waals surface area (Å²) in [7, 11) is -6.93. The second kappa shape index (κ2) is 7.26. The zero-order valence-electron chi connectivity index (χ0n) is 13.4. The molecule has 134 valence electrons. The molecule has 7 nitrogen and oxygen atoms in total. The molecule has 0 fully saturated rings. The van der Waals surface area contributed by atoms with Crippen molar-refractivity contribution >= 4 is 20.1 Å². The fourth-order valence-corrected chi connectivity index (χ4v) is 3.67. The maximum atomic E-state index is 12.4. The molecular weight excluding hydrogens is 366 g/mol. The van der Waals surface area contributed by atoms with Gasteiger partial charge in [0.25, 0.3) is 0 Å². The Morgan fingerprint density at radius 2 is 1.72 bits per heavy atom. The number of primary sulfonamides is 1. The SMILES string of the molecule is C=CCc1ccc(OS(=O)(=O)c2cccc(S(N)(=O)=O)c2)c(OC)c1. The predicted molar refractivity (Wildman–Crippen MR) is 92.5 cm³/mol. The van der Waals surface area contributed by atoms with Crippen molar-refractivity contribution in [1.82, 2.24) is 0 Å². The van der Waals surface area contributed by atoms with E-state index in [-0.39, 0.29) is 21.3 Å². The van der Waals surface area contributed by atoms with Crippen LogP contribution in [0.1, 0.15) is 5.56 Å². The minimum Gasteiger partial charge on any atom is -0.493 e. The van der Waals surface area contributed by atoms with Crippen LogP contribution in [0.4, 0.5) is 0 Å². The maximum absolute atomic E-state index is 12.4. The molecule has 2 aromatic carbocycles. The van der Waals surface area contributed by atoms with Crippen LogP contribution in [0.25, 0.3) is 0 Å². The predicted octanol–water partition coefficient (Wildman–Crippen LogP) is 1.84. The number of rotatable bonds is 7. The zero-order valence-corrected chi connectivity index (χ0v) is 15.0. The smallest absolute Gasteiger partial charge is 0.339 e. The lowest BCUT2D eigenvalue weighted by atomic mass is 10.1. The van der Waals surface area contributed by atoms with Crippen LogP contribution in [-0.2, 0) is 26.6 Å². The van der Waals surface area contributed by atoms with Crippen molar-refractivity contribution in [3.63, 3.8) is 0 Å². The molecule has 0 saturated carbocycles. The van der Waals surface area contributed by atoms with Crippen molar-refractivity contribution in [2.75, 3.05) is 7.11 Å². The maximum Gasteiger partial charge on any atom is 0.339 e. The number of allylic oxidation sites excluding steroid dienone is 1. The largest absolute Gasteiger partial charge is 0.493 e. The van der Waals surface area contributed by atoms with E-state index in [9.17, 15) is 16.8 Å². The normalized spacial score (nSPS) is 11.8. The van der Waals surface area contributed by atoms with E-state index in [1.807, 2.05) is 0 Å². The zero-order chi connectivity index (χ0) is 18.7. The summed E-state index contributed by atoms with van der Waals surface area (Å²) in [6.45, 7) is 3.63. The Labute approximate surface area is 146 Å². The number of nitrogens with two attached hydrogens (primary N) is 1. The molecule has 0 heterocycles. The summed E-state index contributed by atoms with van der Waals surface area (Å²) >= 11 is 0.